The number of ether oxygens (including phenoxy) is 1. The minimum Gasteiger partial charge on any atom is -0.494 e. The van der Waals surface area contributed by atoms with Crippen molar-refractivity contribution in [3.05, 3.63) is 57.4 Å². The number of aromatic amines is 1. The second-order valence-electron chi connectivity index (χ2n) is 4.78. The van der Waals surface area contributed by atoms with Gasteiger partial charge in [0.2, 0.25) is 0 Å². The van der Waals surface area contributed by atoms with Crippen LogP contribution in [0.25, 0.3) is 0 Å². The third-order valence-electron chi connectivity index (χ3n) is 3.09. The zero-order chi connectivity index (χ0) is 15.1. The molecule has 1 aromatic carbocycles. The molecule has 0 bridgehead atoms. The van der Waals surface area contributed by atoms with Gasteiger partial charge in [0.1, 0.15) is 5.75 Å². The van der Waals surface area contributed by atoms with Crippen LogP contribution >= 0.6 is 0 Å². The molecular weight excluding hydrogens is 270 g/mol. The number of rotatable bonds is 7. The van der Waals surface area contributed by atoms with Crippen LogP contribution in [0.2, 0.25) is 0 Å². The Labute approximate surface area is 122 Å². The first-order chi connectivity index (χ1) is 10.1. The lowest BCUT2D eigenvalue weighted by atomic mass is 10.2. The Balaban J connectivity index is 1.65. The fourth-order valence-electron chi connectivity index (χ4n) is 1.94. The van der Waals surface area contributed by atoms with Crippen LogP contribution in [-0.4, -0.2) is 16.2 Å². The Kier molecular flexibility index (Phi) is 5.20. The number of nitrogens with one attached hydrogen (secondary N) is 1. The lowest BCUT2D eigenvalue weighted by Gasteiger charge is -2.07. The van der Waals surface area contributed by atoms with Gasteiger partial charge in [-0.3, -0.25) is 9.78 Å². The lowest BCUT2D eigenvalue weighted by Crippen LogP contribution is -2.28. The van der Waals surface area contributed by atoms with Gasteiger partial charge in [0, 0.05) is 24.5 Å². The summed E-state index contributed by atoms with van der Waals surface area (Å²) in [5.74, 6) is 0.807. The molecule has 21 heavy (non-hydrogen) atoms. The van der Waals surface area contributed by atoms with Crippen molar-refractivity contribution < 1.29 is 4.74 Å². The van der Waals surface area contributed by atoms with Gasteiger partial charge >= 0.3 is 5.69 Å². The van der Waals surface area contributed by atoms with Crippen LogP contribution in [0.4, 0.5) is 5.69 Å². The molecule has 1 aromatic heterocycles. The van der Waals surface area contributed by atoms with E-state index in [0.29, 0.717) is 18.8 Å². The van der Waals surface area contributed by atoms with E-state index in [2.05, 4.69) is 4.98 Å². The van der Waals surface area contributed by atoms with Gasteiger partial charge in [0.15, 0.2) is 0 Å². The Morgan fingerprint density at radius 1 is 1.05 bits per heavy atom. The molecule has 0 spiro atoms. The normalized spacial score (nSPS) is 10.5. The molecule has 6 heteroatoms. The van der Waals surface area contributed by atoms with Gasteiger partial charge in [-0.15, -0.1) is 0 Å². The first kappa shape index (κ1) is 14.9. The summed E-state index contributed by atoms with van der Waals surface area (Å²) in [6.45, 7) is 1.22. The number of aromatic nitrogens is 2. The highest BCUT2D eigenvalue weighted by molar-refractivity contribution is 5.41. The van der Waals surface area contributed by atoms with Gasteiger partial charge in [-0.25, -0.2) is 4.79 Å². The number of hydrogen-bond donors (Lipinski definition) is 2. The molecule has 2 rings (SSSR count). The molecular formula is C15H19N3O3. The third-order valence-corrected chi connectivity index (χ3v) is 3.09. The SMILES string of the molecule is Nc1ccc(OCCCCCn2ccc(=O)[nH]c2=O)cc1. The lowest BCUT2D eigenvalue weighted by molar-refractivity contribution is 0.303. The van der Waals surface area contributed by atoms with E-state index in [-0.39, 0.29) is 11.2 Å². The maximum Gasteiger partial charge on any atom is 0.328 e. The predicted molar refractivity (Wildman–Crippen MR) is 81.5 cm³/mol. The smallest absolute Gasteiger partial charge is 0.328 e. The fraction of sp³-hybridized carbons (Fsp3) is 0.333. The average molecular weight is 289 g/mol. The monoisotopic (exact) mass is 289 g/mol. The van der Waals surface area contributed by atoms with Crippen LogP contribution in [0.1, 0.15) is 19.3 Å². The van der Waals surface area contributed by atoms with Crippen LogP contribution in [0.5, 0.6) is 5.75 Å². The number of nitrogens with two attached hydrogens (primary N) is 1. The van der Waals surface area contributed by atoms with Crippen LogP contribution in [0.15, 0.2) is 46.1 Å². The molecule has 0 radical (unpaired) electrons. The molecule has 1 heterocycles. The van der Waals surface area contributed by atoms with Crippen LogP contribution in [-0.2, 0) is 6.54 Å². The second kappa shape index (κ2) is 7.33. The molecule has 0 aliphatic rings. The molecule has 0 fully saturated rings. The standard InChI is InChI=1S/C15H19N3O3/c16-12-4-6-13(7-5-12)21-11-3-1-2-9-18-10-8-14(19)17-15(18)20/h4-8,10H,1-3,9,11,16H2,(H,17,19,20). The Bertz CT molecular complexity index is 674. The van der Waals surface area contributed by atoms with Crippen LogP contribution in [0.3, 0.4) is 0 Å². The summed E-state index contributed by atoms with van der Waals surface area (Å²) < 4.78 is 7.08. The molecule has 6 nitrogen and oxygen atoms in total. The van der Waals surface area contributed by atoms with E-state index < -0.39 is 0 Å². The molecule has 3 N–H and O–H groups in total. The van der Waals surface area contributed by atoms with Crippen molar-refractivity contribution in [2.24, 2.45) is 0 Å². The second-order valence-corrected chi connectivity index (χ2v) is 4.78. The minimum absolute atomic E-state index is 0.361. The number of unbranched alkanes of at least 4 members (excludes halogenated alkanes) is 2. The molecule has 0 atom stereocenters. The van der Waals surface area contributed by atoms with E-state index in [0.717, 1.165) is 25.0 Å². The molecule has 0 aliphatic heterocycles. The van der Waals surface area contributed by atoms with Crippen molar-refractivity contribution >= 4 is 5.69 Å². The van der Waals surface area contributed by atoms with Gasteiger partial charge in [0.25, 0.3) is 5.56 Å². The number of nitrogens with zero attached hydrogens (tertiary/aromatic N) is 1. The third kappa shape index (κ3) is 4.83. The van der Waals surface area contributed by atoms with Crippen LogP contribution in [0, 0.1) is 0 Å². The van der Waals surface area contributed by atoms with Crippen molar-refractivity contribution in [3.8, 4) is 5.75 Å². The van der Waals surface area contributed by atoms with Gasteiger partial charge < -0.3 is 15.0 Å². The maximum absolute atomic E-state index is 11.4. The zero-order valence-electron chi connectivity index (χ0n) is 11.7. The summed E-state index contributed by atoms with van der Waals surface area (Å²) in [6, 6.07) is 8.64. The van der Waals surface area contributed by atoms with Crippen molar-refractivity contribution in [1.82, 2.24) is 9.55 Å². The molecule has 0 saturated heterocycles. The van der Waals surface area contributed by atoms with E-state index >= 15 is 0 Å². The van der Waals surface area contributed by atoms with E-state index in [1.54, 1.807) is 12.1 Å². The first-order valence-electron chi connectivity index (χ1n) is 6.93. The van der Waals surface area contributed by atoms with E-state index in [9.17, 15) is 9.59 Å². The topological polar surface area (TPSA) is 90.1 Å². The fourth-order valence-corrected chi connectivity index (χ4v) is 1.94. The molecule has 2 aromatic rings. The van der Waals surface area contributed by atoms with Crippen molar-refractivity contribution in [2.45, 2.75) is 25.8 Å². The zero-order valence-corrected chi connectivity index (χ0v) is 11.7. The Morgan fingerprint density at radius 2 is 1.81 bits per heavy atom. The molecule has 112 valence electrons. The van der Waals surface area contributed by atoms with E-state index in [1.165, 1.54) is 16.8 Å². The van der Waals surface area contributed by atoms with Crippen molar-refractivity contribution in [1.29, 1.82) is 0 Å². The summed E-state index contributed by atoms with van der Waals surface area (Å²) in [6.07, 6.45) is 4.23. The number of aryl methyl sites for hydroxylation is 1. The quantitative estimate of drug-likeness (QED) is 0.595. The molecule has 0 amide bonds. The summed E-state index contributed by atoms with van der Waals surface area (Å²) in [5, 5.41) is 0. The Morgan fingerprint density at radius 3 is 2.52 bits per heavy atom. The van der Waals surface area contributed by atoms with E-state index in [1.807, 2.05) is 12.1 Å². The highest BCUT2D eigenvalue weighted by atomic mass is 16.5. The first-order valence-corrected chi connectivity index (χ1v) is 6.93. The van der Waals surface area contributed by atoms with Crippen molar-refractivity contribution in [2.75, 3.05) is 12.3 Å². The molecule has 0 aliphatic carbocycles. The summed E-state index contributed by atoms with van der Waals surface area (Å²) in [5.41, 5.74) is 5.58. The number of H-pyrrole nitrogens is 1. The average Bonchev–Trinajstić information content (AvgIpc) is 2.46. The van der Waals surface area contributed by atoms with Gasteiger partial charge in [-0.2, -0.15) is 0 Å². The van der Waals surface area contributed by atoms with Crippen molar-refractivity contribution in [3.63, 3.8) is 0 Å². The minimum atomic E-state index is -0.367. The number of hydrogen-bond acceptors (Lipinski definition) is 4. The van der Waals surface area contributed by atoms with Gasteiger partial charge in [0.05, 0.1) is 6.61 Å². The highest BCUT2D eigenvalue weighted by Crippen LogP contribution is 2.13. The largest absolute Gasteiger partial charge is 0.494 e. The highest BCUT2D eigenvalue weighted by Gasteiger charge is 1.97. The predicted octanol–water partition coefficient (Wildman–Crippen LogP) is 1.37. The maximum atomic E-state index is 11.4. The molecule has 0 unspecified atom stereocenters. The number of benzene rings is 1. The number of nitrogen functional groups attached to an aromatic ring is 1. The van der Waals surface area contributed by atoms with Gasteiger partial charge in [-0.05, 0) is 43.5 Å². The summed E-state index contributed by atoms with van der Waals surface area (Å²) in [4.78, 5) is 24.6. The van der Waals surface area contributed by atoms with E-state index in [4.69, 9.17) is 10.5 Å². The number of anilines is 1. The van der Waals surface area contributed by atoms with Gasteiger partial charge in [-0.1, -0.05) is 0 Å². The Hall–Kier alpha value is -2.50. The summed E-state index contributed by atoms with van der Waals surface area (Å²) >= 11 is 0. The molecule has 0 saturated carbocycles. The summed E-state index contributed by atoms with van der Waals surface area (Å²) in [7, 11) is 0. The van der Waals surface area contributed by atoms with Crippen LogP contribution < -0.4 is 21.7 Å².